The van der Waals surface area contributed by atoms with Crippen LogP contribution in [0.25, 0.3) is 0 Å². The molecule has 0 bridgehead atoms. The molecule has 2 aliphatic rings. The normalized spacial score (nSPS) is 16.3. The Morgan fingerprint density at radius 2 is 1.11 bits per heavy atom. The van der Waals surface area contributed by atoms with E-state index in [1.54, 1.807) is 0 Å². The Balaban J connectivity index is 1.48. The van der Waals surface area contributed by atoms with Gasteiger partial charge in [-0.3, -0.25) is 20.2 Å². The topological polar surface area (TPSA) is 122 Å². The molecule has 2 aromatic carbocycles. The largest absolute Gasteiger partial charge is 0.508 e. The van der Waals surface area contributed by atoms with Gasteiger partial charge in [0, 0.05) is 23.3 Å². The molecule has 9 nitrogen and oxygen atoms in total. The predicted molar refractivity (Wildman–Crippen MR) is 124 cm³/mol. The smallest absolute Gasteiger partial charge is 0.429 e. The number of ether oxygens (including phenoxy) is 2. The van der Waals surface area contributed by atoms with E-state index < -0.39 is 39.0 Å². The summed E-state index contributed by atoms with van der Waals surface area (Å²) in [6.07, 6.45) is 5.96. The summed E-state index contributed by atoms with van der Waals surface area (Å²) in [5.74, 6) is -1.84. The summed E-state index contributed by atoms with van der Waals surface area (Å²) in [7, 11) is 0. The molecular formula is C25H26F2N2O7. The van der Waals surface area contributed by atoms with E-state index in [2.05, 4.69) is 0 Å². The highest BCUT2D eigenvalue weighted by molar-refractivity contribution is 5.60. The molecule has 0 N–H and O–H groups in total. The molecule has 36 heavy (non-hydrogen) atoms. The second-order valence-corrected chi connectivity index (χ2v) is 9.31. The van der Waals surface area contributed by atoms with Gasteiger partial charge in [-0.15, -0.1) is 0 Å². The van der Waals surface area contributed by atoms with Crippen molar-refractivity contribution in [3.63, 3.8) is 0 Å². The second-order valence-electron chi connectivity index (χ2n) is 9.31. The molecule has 0 radical (unpaired) electrons. The summed E-state index contributed by atoms with van der Waals surface area (Å²) < 4.78 is 38.9. The van der Waals surface area contributed by atoms with Gasteiger partial charge in [-0.05, 0) is 60.8 Å². The lowest BCUT2D eigenvalue weighted by atomic mass is 9.92. The van der Waals surface area contributed by atoms with E-state index in [4.69, 9.17) is 9.47 Å². The number of rotatable bonds is 8. The molecule has 192 valence electrons. The van der Waals surface area contributed by atoms with Crippen molar-refractivity contribution < 1.29 is 32.9 Å². The van der Waals surface area contributed by atoms with E-state index in [1.807, 2.05) is 0 Å². The highest BCUT2D eigenvalue weighted by Gasteiger charge is 2.27. The van der Waals surface area contributed by atoms with Crippen molar-refractivity contribution in [1.82, 2.24) is 0 Å². The number of benzene rings is 2. The van der Waals surface area contributed by atoms with E-state index in [-0.39, 0.29) is 25.0 Å². The maximum absolute atomic E-state index is 14.3. The molecular weight excluding hydrogens is 478 g/mol. The molecule has 0 atom stereocenters. The SMILES string of the molecule is O=C(OCc1cc([N+](=O)[O-])c(F)cc1C1CCCC1)OCc1cc([N+](=O)[O-])c(F)cc1C1CCCC1. The number of carbonyl (C=O) groups excluding carboxylic acids is 1. The van der Waals surface area contributed by atoms with Crippen molar-refractivity contribution in [2.75, 3.05) is 0 Å². The third-order valence-electron chi connectivity index (χ3n) is 7.09. The summed E-state index contributed by atoms with van der Waals surface area (Å²) in [4.78, 5) is 33.1. The van der Waals surface area contributed by atoms with Crippen LogP contribution >= 0.6 is 0 Å². The van der Waals surface area contributed by atoms with Crippen molar-refractivity contribution >= 4 is 17.5 Å². The highest BCUT2D eigenvalue weighted by Crippen LogP contribution is 2.39. The van der Waals surface area contributed by atoms with Crippen molar-refractivity contribution in [2.24, 2.45) is 0 Å². The first-order valence-electron chi connectivity index (χ1n) is 12.0. The van der Waals surface area contributed by atoms with E-state index in [0.717, 1.165) is 75.6 Å². The third-order valence-corrected chi connectivity index (χ3v) is 7.09. The first-order chi connectivity index (χ1) is 17.2. The van der Waals surface area contributed by atoms with Crippen molar-refractivity contribution in [1.29, 1.82) is 0 Å². The number of carbonyl (C=O) groups is 1. The first-order valence-corrected chi connectivity index (χ1v) is 12.0. The zero-order valence-corrected chi connectivity index (χ0v) is 19.5. The number of halogens is 2. The van der Waals surface area contributed by atoms with Crippen LogP contribution in [0, 0.1) is 31.9 Å². The van der Waals surface area contributed by atoms with Gasteiger partial charge >= 0.3 is 17.5 Å². The maximum Gasteiger partial charge on any atom is 0.508 e. The Morgan fingerprint density at radius 1 is 0.750 bits per heavy atom. The van der Waals surface area contributed by atoms with Crippen molar-refractivity contribution in [3.8, 4) is 0 Å². The van der Waals surface area contributed by atoms with Crippen molar-refractivity contribution in [3.05, 3.63) is 78.4 Å². The molecule has 2 aromatic rings. The van der Waals surface area contributed by atoms with E-state index in [9.17, 15) is 33.8 Å². The van der Waals surface area contributed by atoms with Crippen LogP contribution < -0.4 is 0 Å². The number of nitro groups is 2. The van der Waals surface area contributed by atoms with Gasteiger partial charge in [-0.2, -0.15) is 8.78 Å². The molecule has 2 fully saturated rings. The minimum absolute atomic E-state index is 0.0173. The highest BCUT2D eigenvalue weighted by atomic mass is 19.1. The van der Waals surface area contributed by atoms with Gasteiger partial charge < -0.3 is 9.47 Å². The van der Waals surface area contributed by atoms with Gasteiger partial charge in [0.15, 0.2) is 0 Å². The molecule has 0 amide bonds. The number of hydrogen-bond donors (Lipinski definition) is 0. The molecule has 2 aliphatic carbocycles. The summed E-state index contributed by atoms with van der Waals surface area (Å²) in [6, 6.07) is 4.45. The molecule has 0 unspecified atom stereocenters. The van der Waals surface area contributed by atoms with Gasteiger partial charge in [0.2, 0.25) is 11.6 Å². The Morgan fingerprint density at radius 3 is 1.44 bits per heavy atom. The average Bonchev–Trinajstić information content (AvgIpc) is 3.56. The van der Waals surface area contributed by atoms with Crippen LogP contribution in [0.4, 0.5) is 25.0 Å². The molecule has 2 saturated carbocycles. The lowest BCUT2D eigenvalue weighted by molar-refractivity contribution is -0.387. The van der Waals surface area contributed by atoms with E-state index in [0.29, 0.717) is 22.3 Å². The Kier molecular flexibility index (Phi) is 7.76. The summed E-state index contributed by atoms with van der Waals surface area (Å²) in [5, 5.41) is 22.4. The number of nitro benzene ring substituents is 2. The molecule has 11 heteroatoms. The summed E-state index contributed by atoms with van der Waals surface area (Å²) in [5.41, 5.74) is 0.390. The zero-order valence-electron chi connectivity index (χ0n) is 19.5. The van der Waals surface area contributed by atoms with Crippen LogP contribution in [-0.4, -0.2) is 16.0 Å². The summed E-state index contributed by atoms with van der Waals surface area (Å²) in [6.45, 7) is -0.713. The number of hydrogen-bond acceptors (Lipinski definition) is 7. The third kappa shape index (κ3) is 5.60. The van der Waals surface area contributed by atoms with Gasteiger partial charge in [0.1, 0.15) is 13.2 Å². The fourth-order valence-corrected chi connectivity index (χ4v) is 5.32. The average molecular weight is 504 g/mol. The fourth-order valence-electron chi connectivity index (χ4n) is 5.32. The molecule has 0 saturated heterocycles. The molecule has 0 aromatic heterocycles. The van der Waals surface area contributed by atoms with Gasteiger partial charge in [0.25, 0.3) is 0 Å². The predicted octanol–water partition coefficient (Wildman–Crippen LogP) is 6.95. The lowest BCUT2D eigenvalue weighted by Gasteiger charge is -2.17. The minimum atomic E-state index is -1.09. The van der Waals surface area contributed by atoms with E-state index in [1.165, 1.54) is 0 Å². The summed E-state index contributed by atoms with van der Waals surface area (Å²) >= 11 is 0. The zero-order chi connectivity index (χ0) is 25.8. The Hall–Kier alpha value is -3.63. The molecule has 0 spiro atoms. The number of nitrogens with zero attached hydrogens (tertiary/aromatic N) is 2. The van der Waals surface area contributed by atoms with Crippen LogP contribution in [0.1, 0.15) is 85.5 Å². The van der Waals surface area contributed by atoms with E-state index >= 15 is 0 Å². The minimum Gasteiger partial charge on any atom is -0.429 e. The first kappa shape index (κ1) is 25.5. The van der Waals surface area contributed by atoms with Gasteiger partial charge in [-0.1, -0.05) is 25.7 Å². The van der Waals surface area contributed by atoms with Crippen LogP contribution in [0.2, 0.25) is 0 Å². The quantitative estimate of drug-likeness (QED) is 0.217. The lowest BCUT2D eigenvalue weighted by Crippen LogP contribution is -2.12. The van der Waals surface area contributed by atoms with Gasteiger partial charge in [-0.25, -0.2) is 4.79 Å². The second kappa shape index (κ2) is 11.0. The van der Waals surface area contributed by atoms with Gasteiger partial charge in [0.05, 0.1) is 9.85 Å². The standard InChI is InChI=1S/C25H26F2N2O7/c26-21-11-19(15-5-1-2-6-15)17(9-23(21)28(31)32)13-35-25(30)36-14-18-10-24(29(33)34)22(27)12-20(18)16-7-3-4-8-16/h9-12,15-16H,1-8,13-14H2. The van der Waals surface area contributed by atoms with Crippen LogP contribution in [0.5, 0.6) is 0 Å². The van der Waals surface area contributed by atoms with Crippen molar-refractivity contribution in [2.45, 2.75) is 76.4 Å². The Bertz CT molecular complexity index is 1090. The fraction of sp³-hybridized carbons (Fsp3) is 0.480. The maximum atomic E-state index is 14.3. The molecule has 0 heterocycles. The Labute approximate surface area is 205 Å². The molecule has 4 rings (SSSR count). The monoisotopic (exact) mass is 504 g/mol. The van der Waals surface area contributed by atoms with Crippen LogP contribution in [0.15, 0.2) is 24.3 Å². The van der Waals surface area contributed by atoms with Crippen LogP contribution in [0.3, 0.4) is 0 Å². The molecule has 0 aliphatic heterocycles. The van der Waals surface area contributed by atoms with Crippen LogP contribution in [-0.2, 0) is 22.7 Å².